The van der Waals surface area contributed by atoms with E-state index in [1.165, 1.54) is 5.56 Å². The maximum Gasteiger partial charge on any atom is 0.0995 e. The second-order valence-electron chi connectivity index (χ2n) is 7.71. The van der Waals surface area contributed by atoms with Gasteiger partial charge in [0.05, 0.1) is 33.4 Å². The Labute approximate surface area is 141 Å². The van der Waals surface area contributed by atoms with E-state index in [1.807, 2.05) is 32.9 Å². The smallest absolute Gasteiger partial charge is 0.0995 e. The van der Waals surface area contributed by atoms with E-state index >= 15 is 0 Å². The van der Waals surface area contributed by atoms with Gasteiger partial charge in [0.2, 0.25) is 0 Å². The molecule has 1 heterocycles. The third-order valence-electron chi connectivity index (χ3n) is 5.14. The average Bonchev–Trinajstić information content (AvgIpc) is 2.80. The van der Waals surface area contributed by atoms with Gasteiger partial charge in [-0.05, 0) is 75.7 Å². The molecule has 0 aromatic heterocycles. The zero-order chi connectivity index (χ0) is 16.7. The molecule has 1 unspecified atom stereocenters. The Morgan fingerprint density at radius 2 is 2.04 bits per heavy atom. The minimum atomic E-state index is -1.15. The van der Waals surface area contributed by atoms with Crippen molar-refractivity contribution in [3.8, 4) is 6.07 Å². The predicted octanol–water partition coefficient (Wildman–Crippen LogP) is 2.58. The van der Waals surface area contributed by atoms with Gasteiger partial charge in [-0.25, -0.2) is 8.93 Å². The number of nitrogens with one attached hydrogen (secondary N) is 2. The van der Waals surface area contributed by atoms with Crippen LogP contribution in [0.4, 0.5) is 0 Å². The fourth-order valence-electron chi connectivity index (χ4n) is 3.85. The fourth-order valence-corrected chi connectivity index (χ4v) is 4.79. The van der Waals surface area contributed by atoms with Gasteiger partial charge in [0.25, 0.3) is 0 Å². The third kappa shape index (κ3) is 2.96. The van der Waals surface area contributed by atoms with Crippen molar-refractivity contribution in [2.45, 2.75) is 50.8 Å². The molecule has 3 rings (SSSR count). The molecule has 1 aromatic carbocycles. The summed E-state index contributed by atoms with van der Waals surface area (Å²) in [6, 6.07) is 8.31. The molecule has 1 aliphatic heterocycles. The summed E-state index contributed by atoms with van der Waals surface area (Å²) in [6.07, 6.45) is 3.07. The lowest BCUT2D eigenvalue weighted by Gasteiger charge is -2.40. The Bertz CT molecular complexity index is 666. The van der Waals surface area contributed by atoms with E-state index in [-0.39, 0.29) is 16.2 Å². The number of piperidine rings is 1. The van der Waals surface area contributed by atoms with Crippen molar-refractivity contribution in [3.05, 3.63) is 34.9 Å². The summed E-state index contributed by atoms with van der Waals surface area (Å²) < 4.78 is 15.8. The fraction of sp³-hybridized carbons (Fsp3) is 0.611. The maximum atomic E-state index is 12.8. The number of hydrogen-bond donors (Lipinski definition) is 2. The highest BCUT2D eigenvalue weighted by Crippen LogP contribution is 2.52. The van der Waals surface area contributed by atoms with E-state index in [2.05, 4.69) is 22.2 Å². The van der Waals surface area contributed by atoms with Gasteiger partial charge in [0.1, 0.15) is 0 Å². The highest BCUT2D eigenvalue weighted by atomic mass is 32.2. The molecule has 2 aliphatic rings. The van der Waals surface area contributed by atoms with Crippen LogP contribution in [0.3, 0.4) is 0 Å². The van der Waals surface area contributed by atoms with Crippen LogP contribution in [0.1, 0.15) is 56.3 Å². The molecule has 2 atom stereocenters. The monoisotopic (exact) mass is 331 g/mol. The Hall–Kier alpha value is -1.22. The summed E-state index contributed by atoms with van der Waals surface area (Å²) in [5, 5.41) is 13.0. The molecule has 4 nitrogen and oxygen atoms in total. The van der Waals surface area contributed by atoms with Gasteiger partial charge >= 0.3 is 0 Å². The van der Waals surface area contributed by atoms with E-state index in [9.17, 15) is 9.47 Å². The van der Waals surface area contributed by atoms with Crippen molar-refractivity contribution in [1.29, 1.82) is 5.26 Å². The normalized spacial score (nSPS) is 24.2. The molecule has 0 amide bonds. The second-order valence-corrected chi connectivity index (χ2v) is 9.71. The molecule has 0 radical (unpaired) electrons. The van der Waals surface area contributed by atoms with Crippen molar-refractivity contribution < 1.29 is 4.21 Å². The van der Waals surface area contributed by atoms with Crippen molar-refractivity contribution in [3.63, 3.8) is 0 Å². The van der Waals surface area contributed by atoms with Crippen molar-refractivity contribution in [1.82, 2.24) is 10.0 Å². The zero-order valence-corrected chi connectivity index (χ0v) is 14.9. The molecule has 2 N–H and O–H groups in total. The quantitative estimate of drug-likeness (QED) is 0.875. The van der Waals surface area contributed by atoms with Gasteiger partial charge in [-0.3, -0.25) is 0 Å². The molecular weight excluding hydrogens is 306 g/mol. The molecular formula is C18H25N3OS. The summed E-state index contributed by atoms with van der Waals surface area (Å²) in [5.41, 5.74) is 3.12. The molecule has 5 heteroatoms. The minimum absolute atomic E-state index is 0.00416. The molecule has 23 heavy (non-hydrogen) atoms. The lowest BCUT2D eigenvalue weighted by atomic mass is 9.73. The second kappa shape index (κ2) is 6.01. The summed E-state index contributed by atoms with van der Waals surface area (Å²) >= 11 is 0. The van der Waals surface area contributed by atoms with Crippen LogP contribution in [0.5, 0.6) is 0 Å². The highest BCUT2D eigenvalue weighted by Gasteiger charge is 2.48. The number of nitriles is 1. The van der Waals surface area contributed by atoms with E-state index in [0.717, 1.165) is 43.5 Å². The molecule has 1 spiro atoms. The largest absolute Gasteiger partial charge is 0.317 e. The minimum Gasteiger partial charge on any atom is -0.317 e. The number of fused-ring (bicyclic) bond motifs is 1. The maximum absolute atomic E-state index is 12.8. The Morgan fingerprint density at radius 1 is 1.35 bits per heavy atom. The summed E-state index contributed by atoms with van der Waals surface area (Å²) in [7, 11) is -1.15. The SMILES string of the molecule is CC(C)(C)[S@@](=O)NC1c2c(C#N)cccc2CC12CCNCC2. The Morgan fingerprint density at radius 3 is 2.65 bits per heavy atom. The molecule has 1 aliphatic carbocycles. The topological polar surface area (TPSA) is 64.9 Å². The van der Waals surface area contributed by atoms with Crippen LogP contribution in [0.15, 0.2) is 18.2 Å². The molecule has 1 saturated heterocycles. The van der Waals surface area contributed by atoms with Crippen LogP contribution in [-0.4, -0.2) is 22.0 Å². The lowest BCUT2D eigenvalue weighted by molar-refractivity contribution is 0.164. The van der Waals surface area contributed by atoms with Gasteiger partial charge in [0.15, 0.2) is 0 Å². The predicted molar refractivity (Wildman–Crippen MR) is 93.2 cm³/mol. The van der Waals surface area contributed by atoms with E-state index in [4.69, 9.17) is 0 Å². The third-order valence-corrected chi connectivity index (χ3v) is 6.70. The summed E-state index contributed by atoms with van der Waals surface area (Å²) in [5.74, 6) is 0. The number of nitrogens with zero attached hydrogens (tertiary/aromatic N) is 1. The Kier molecular flexibility index (Phi) is 4.35. The van der Waals surface area contributed by atoms with E-state index in [1.54, 1.807) is 0 Å². The number of benzene rings is 1. The van der Waals surface area contributed by atoms with Crippen molar-refractivity contribution in [2.75, 3.05) is 13.1 Å². The Balaban J connectivity index is 2.04. The first-order chi connectivity index (χ1) is 10.9. The molecule has 1 fully saturated rings. The number of rotatable bonds is 2. The lowest BCUT2D eigenvalue weighted by Crippen LogP contribution is -2.46. The highest BCUT2D eigenvalue weighted by molar-refractivity contribution is 7.84. The summed E-state index contributed by atoms with van der Waals surface area (Å²) in [4.78, 5) is 0. The van der Waals surface area contributed by atoms with Crippen molar-refractivity contribution >= 4 is 11.0 Å². The first-order valence-corrected chi connectivity index (χ1v) is 9.43. The van der Waals surface area contributed by atoms with E-state index < -0.39 is 11.0 Å². The van der Waals surface area contributed by atoms with Gasteiger partial charge < -0.3 is 5.32 Å². The van der Waals surface area contributed by atoms with E-state index in [0.29, 0.717) is 0 Å². The average molecular weight is 331 g/mol. The van der Waals surface area contributed by atoms with Crippen LogP contribution in [0.2, 0.25) is 0 Å². The van der Waals surface area contributed by atoms with Crippen LogP contribution < -0.4 is 10.0 Å². The van der Waals surface area contributed by atoms with Crippen molar-refractivity contribution in [2.24, 2.45) is 5.41 Å². The first-order valence-electron chi connectivity index (χ1n) is 8.28. The standard InChI is InChI=1S/C18H25N3OS/c1-17(2,3)23(22)21-16-15-13(5-4-6-14(15)12-19)11-18(16)7-9-20-10-8-18/h4-6,16,20-21H,7-11H2,1-3H3/t16?,23-/m1/s1. The summed E-state index contributed by atoms with van der Waals surface area (Å²) in [6.45, 7) is 7.91. The van der Waals surface area contributed by atoms with Gasteiger partial charge in [-0.1, -0.05) is 12.1 Å². The first kappa shape index (κ1) is 16.6. The molecule has 124 valence electrons. The molecule has 1 aromatic rings. The van der Waals surface area contributed by atoms with Crippen LogP contribution in [-0.2, 0) is 17.4 Å². The van der Waals surface area contributed by atoms with Gasteiger partial charge in [-0.15, -0.1) is 0 Å². The number of hydrogen-bond acceptors (Lipinski definition) is 3. The van der Waals surface area contributed by atoms with Gasteiger partial charge in [-0.2, -0.15) is 5.26 Å². The van der Waals surface area contributed by atoms with Gasteiger partial charge in [0, 0.05) is 0 Å². The zero-order valence-electron chi connectivity index (χ0n) is 14.1. The molecule has 0 bridgehead atoms. The van der Waals surface area contributed by atoms with Crippen LogP contribution >= 0.6 is 0 Å². The van der Waals surface area contributed by atoms with Crippen LogP contribution in [0.25, 0.3) is 0 Å². The van der Waals surface area contributed by atoms with Crippen LogP contribution in [0, 0.1) is 16.7 Å². The molecule has 0 saturated carbocycles.